The third kappa shape index (κ3) is 4.77. The molecular formula is C22H27N3O4S. The van der Waals surface area contributed by atoms with Gasteiger partial charge in [0.25, 0.3) is 11.8 Å². The van der Waals surface area contributed by atoms with Crippen LogP contribution in [0.15, 0.2) is 48.5 Å². The Bertz CT molecular complexity index is 998. The highest BCUT2D eigenvalue weighted by atomic mass is 32.2. The molecule has 1 aliphatic heterocycles. The van der Waals surface area contributed by atoms with Crippen LogP contribution in [0.1, 0.15) is 44.8 Å². The van der Waals surface area contributed by atoms with E-state index in [9.17, 15) is 18.0 Å². The first-order valence-corrected chi connectivity index (χ1v) is 11.6. The van der Waals surface area contributed by atoms with Crippen molar-refractivity contribution >= 4 is 21.8 Å². The molecule has 8 heteroatoms. The first-order chi connectivity index (χ1) is 14.2. The zero-order chi connectivity index (χ0) is 21.9. The number of likely N-dealkylation sites (N-methyl/N-ethyl adjacent to an activating group) is 1. The highest BCUT2D eigenvalue weighted by Crippen LogP contribution is 2.22. The lowest BCUT2D eigenvalue weighted by molar-refractivity contribution is 0.0664. The molecule has 3 rings (SSSR count). The lowest BCUT2D eigenvalue weighted by atomic mass is 10.0. The van der Waals surface area contributed by atoms with Crippen LogP contribution < -0.4 is 4.72 Å². The average molecular weight is 430 g/mol. The third-order valence-corrected chi connectivity index (χ3v) is 6.68. The maximum Gasteiger partial charge on any atom is 0.261 e. The van der Waals surface area contributed by atoms with Crippen LogP contribution >= 0.6 is 0 Å². The fraction of sp³-hybridized carbons (Fsp3) is 0.364. The van der Waals surface area contributed by atoms with E-state index in [0.29, 0.717) is 11.1 Å². The third-order valence-electron chi connectivity index (χ3n) is 5.35. The number of carbonyl (C=O) groups excluding carboxylic acids is 2. The average Bonchev–Trinajstić information content (AvgIpc) is 2.97. The number of aryl methyl sites for hydroxylation is 1. The summed E-state index contributed by atoms with van der Waals surface area (Å²) >= 11 is 0. The van der Waals surface area contributed by atoms with Crippen LogP contribution in [0.25, 0.3) is 0 Å². The van der Waals surface area contributed by atoms with E-state index < -0.39 is 21.8 Å². The van der Waals surface area contributed by atoms with Gasteiger partial charge in [0.1, 0.15) is 0 Å². The molecule has 2 amide bonds. The van der Waals surface area contributed by atoms with Crippen LogP contribution in [0, 0.1) is 0 Å². The number of nitrogens with zero attached hydrogens (tertiary/aromatic N) is 2. The first kappa shape index (κ1) is 22.1. The Kier molecular flexibility index (Phi) is 6.70. The lowest BCUT2D eigenvalue weighted by Gasteiger charge is -2.25. The molecule has 0 unspecified atom stereocenters. The van der Waals surface area contributed by atoms with E-state index in [1.165, 1.54) is 5.56 Å². The van der Waals surface area contributed by atoms with Crippen molar-refractivity contribution in [2.24, 2.45) is 0 Å². The predicted molar refractivity (Wildman–Crippen MR) is 116 cm³/mol. The van der Waals surface area contributed by atoms with Crippen molar-refractivity contribution < 1.29 is 18.0 Å². The number of fused-ring (bicyclic) bond motifs is 1. The molecule has 1 atom stereocenters. The van der Waals surface area contributed by atoms with Gasteiger partial charge in [-0.05, 0) is 43.8 Å². The van der Waals surface area contributed by atoms with Crippen molar-refractivity contribution in [3.8, 4) is 0 Å². The van der Waals surface area contributed by atoms with E-state index >= 15 is 0 Å². The number of sulfonamides is 1. The lowest BCUT2D eigenvalue weighted by Crippen LogP contribution is -2.40. The molecule has 30 heavy (non-hydrogen) atoms. The molecule has 7 nitrogen and oxygen atoms in total. The van der Waals surface area contributed by atoms with Crippen LogP contribution in [0.4, 0.5) is 0 Å². The van der Waals surface area contributed by atoms with Gasteiger partial charge in [-0.2, -0.15) is 0 Å². The predicted octanol–water partition coefficient (Wildman–Crippen LogP) is 2.07. The second-order valence-corrected chi connectivity index (χ2v) is 9.48. The number of rotatable bonds is 9. The fourth-order valence-corrected chi connectivity index (χ4v) is 4.48. The highest BCUT2D eigenvalue weighted by molar-refractivity contribution is 7.89. The van der Waals surface area contributed by atoms with Gasteiger partial charge in [0.15, 0.2) is 0 Å². The van der Waals surface area contributed by atoms with E-state index in [4.69, 9.17) is 0 Å². The van der Waals surface area contributed by atoms with Crippen molar-refractivity contribution in [1.82, 2.24) is 14.5 Å². The maximum atomic E-state index is 12.6. The van der Waals surface area contributed by atoms with E-state index in [-0.39, 0.29) is 24.9 Å². The molecule has 0 aromatic heterocycles. The highest BCUT2D eigenvalue weighted by Gasteiger charge is 2.35. The summed E-state index contributed by atoms with van der Waals surface area (Å²) in [7, 11) is 0.113. The molecule has 2 aromatic carbocycles. The Labute approximate surface area is 177 Å². The number of hydrogen-bond donors (Lipinski definition) is 1. The normalized spacial score (nSPS) is 15.0. The Morgan fingerprint density at radius 2 is 1.53 bits per heavy atom. The second kappa shape index (κ2) is 9.07. The van der Waals surface area contributed by atoms with Gasteiger partial charge < -0.3 is 4.90 Å². The smallest absolute Gasteiger partial charge is 0.261 e. The van der Waals surface area contributed by atoms with Crippen LogP contribution in [0.2, 0.25) is 0 Å². The van der Waals surface area contributed by atoms with E-state index in [1.807, 2.05) is 43.3 Å². The summed E-state index contributed by atoms with van der Waals surface area (Å²) < 4.78 is 27.7. The summed E-state index contributed by atoms with van der Waals surface area (Å²) in [4.78, 5) is 27.7. The van der Waals surface area contributed by atoms with Gasteiger partial charge >= 0.3 is 0 Å². The molecule has 0 saturated heterocycles. The van der Waals surface area contributed by atoms with E-state index in [1.54, 1.807) is 24.3 Å². The number of nitrogens with one attached hydrogen (secondary N) is 1. The van der Waals surface area contributed by atoms with Gasteiger partial charge in [0.2, 0.25) is 10.0 Å². The minimum atomic E-state index is -3.68. The van der Waals surface area contributed by atoms with Crippen LogP contribution in [-0.4, -0.2) is 63.0 Å². The largest absolute Gasteiger partial charge is 0.301 e. The summed E-state index contributed by atoms with van der Waals surface area (Å²) in [5.74, 6) is -1.24. The van der Waals surface area contributed by atoms with Gasteiger partial charge in [-0.15, -0.1) is 0 Å². The van der Waals surface area contributed by atoms with Crippen molar-refractivity contribution in [1.29, 1.82) is 0 Å². The standard InChI is InChI=1S/C22H27N3O4S/c1-4-16-9-11-17(12-10-16)20(24(2)3)15-23-30(28,29)14-13-25-21(26)18-7-5-6-8-19(18)22(25)27/h5-12,20,23H,4,13-15H2,1-3H3/t20-/m0/s1. The molecule has 1 N–H and O–H groups in total. The first-order valence-electron chi connectivity index (χ1n) is 9.91. The summed E-state index contributed by atoms with van der Waals surface area (Å²) in [6.45, 7) is 2.10. The number of amides is 2. The Balaban J connectivity index is 1.62. The molecule has 2 aromatic rings. The number of hydrogen-bond acceptors (Lipinski definition) is 5. The topological polar surface area (TPSA) is 86.8 Å². The number of imide groups is 1. The van der Waals surface area contributed by atoms with Crippen LogP contribution in [-0.2, 0) is 16.4 Å². The number of carbonyl (C=O) groups is 2. The Morgan fingerprint density at radius 1 is 0.967 bits per heavy atom. The van der Waals surface area contributed by atoms with E-state index in [0.717, 1.165) is 16.9 Å². The van der Waals surface area contributed by atoms with Gasteiger partial charge in [0, 0.05) is 19.1 Å². The quantitative estimate of drug-likeness (QED) is 0.617. The second-order valence-electron chi connectivity index (χ2n) is 7.55. The fourth-order valence-electron chi connectivity index (χ4n) is 3.51. The molecular weight excluding hydrogens is 402 g/mol. The molecule has 0 aliphatic carbocycles. The van der Waals surface area contributed by atoms with Crippen molar-refractivity contribution in [2.45, 2.75) is 19.4 Å². The summed E-state index contributed by atoms with van der Waals surface area (Å²) in [5, 5.41) is 0. The van der Waals surface area contributed by atoms with Crippen molar-refractivity contribution in [3.63, 3.8) is 0 Å². The molecule has 0 bridgehead atoms. The van der Waals surface area contributed by atoms with Gasteiger partial charge in [-0.1, -0.05) is 43.3 Å². The monoisotopic (exact) mass is 429 g/mol. The number of benzene rings is 2. The summed E-state index contributed by atoms with van der Waals surface area (Å²) in [5.41, 5.74) is 2.87. The molecule has 1 heterocycles. The Hall–Kier alpha value is -2.55. The minimum Gasteiger partial charge on any atom is -0.301 e. The van der Waals surface area contributed by atoms with Crippen molar-refractivity contribution in [2.75, 3.05) is 32.9 Å². The molecule has 0 radical (unpaired) electrons. The van der Waals surface area contributed by atoms with Gasteiger partial charge in [0.05, 0.1) is 16.9 Å². The van der Waals surface area contributed by atoms with Crippen LogP contribution in [0.5, 0.6) is 0 Å². The SMILES string of the molecule is CCc1ccc([C@H](CNS(=O)(=O)CCN2C(=O)c3ccccc3C2=O)N(C)C)cc1. The maximum absolute atomic E-state index is 12.6. The summed E-state index contributed by atoms with van der Waals surface area (Å²) in [6, 6.07) is 14.5. The van der Waals surface area contributed by atoms with Gasteiger partial charge in [-0.25, -0.2) is 13.1 Å². The zero-order valence-electron chi connectivity index (χ0n) is 17.5. The molecule has 0 fully saturated rings. The zero-order valence-corrected chi connectivity index (χ0v) is 18.3. The Morgan fingerprint density at radius 3 is 2.03 bits per heavy atom. The molecule has 0 spiro atoms. The van der Waals surface area contributed by atoms with Crippen molar-refractivity contribution in [3.05, 3.63) is 70.8 Å². The van der Waals surface area contributed by atoms with Crippen LogP contribution in [0.3, 0.4) is 0 Å². The van der Waals surface area contributed by atoms with Gasteiger partial charge in [-0.3, -0.25) is 14.5 Å². The molecule has 0 saturated carbocycles. The summed E-state index contributed by atoms with van der Waals surface area (Å²) in [6.07, 6.45) is 0.942. The molecule has 160 valence electrons. The minimum absolute atomic E-state index is 0.134. The van der Waals surface area contributed by atoms with E-state index in [2.05, 4.69) is 11.6 Å². The molecule has 1 aliphatic rings.